The van der Waals surface area contributed by atoms with Crippen molar-refractivity contribution in [1.29, 1.82) is 0 Å². The molecule has 0 radical (unpaired) electrons. The van der Waals surface area contributed by atoms with Crippen molar-refractivity contribution in [2.24, 2.45) is 5.92 Å². The molecule has 1 heterocycles. The predicted molar refractivity (Wildman–Crippen MR) is 55.7 cm³/mol. The van der Waals surface area contributed by atoms with Gasteiger partial charge in [0.05, 0.1) is 0 Å². The lowest BCUT2D eigenvalue weighted by molar-refractivity contribution is 0.411. The maximum atomic E-state index is 4.32. The summed E-state index contributed by atoms with van der Waals surface area (Å²) in [6.07, 6.45) is 7.56. The molecule has 74 valence electrons. The average Bonchev–Trinajstić information content (AvgIpc) is 2.61. The summed E-state index contributed by atoms with van der Waals surface area (Å²) in [5, 5.41) is 0. The molecule has 0 aliphatic rings. The molecule has 13 heavy (non-hydrogen) atoms. The SMILES string of the molecule is CCc1nccn1CC(CC)CC. The first kappa shape index (κ1) is 10.3. The average molecular weight is 180 g/mol. The Morgan fingerprint density at radius 1 is 1.31 bits per heavy atom. The summed E-state index contributed by atoms with van der Waals surface area (Å²) >= 11 is 0. The molecule has 0 fully saturated rings. The van der Waals surface area contributed by atoms with Crippen molar-refractivity contribution >= 4 is 0 Å². The summed E-state index contributed by atoms with van der Waals surface area (Å²) in [7, 11) is 0. The van der Waals surface area contributed by atoms with Crippen molar-refractivity contribution in [1.82, 2.24) is 9.55 Å². The van der Waals surface area contributed by atoms with Gasteiger partial charge >= 0.3 is 0 Å². The van der Waals surface area contributed by atoms with Gasteiger partial charge in [-0.15, -0.1) is 0 Å². The van der Waals surface area contributed by atoms with Crippen LogP contribution in [0.15, 0.2) is 12.4 Å². The van der Waals surface area contributed by atoms with Crippen LogP contribution < -0.4 is 0 Å². The van der Waals surface area contributed by atoms with Gasteiger partial charge in [0.15, 0.2) is 0 Å². The fraction of sp³-hybridized carbons (Fsp3) is 0.727. The van der Waals surface area contributed by atoms with Crippen LogP contribution >= 0.6 is 0 Å². The molecule has 2 nitrogen and oxygen atoms in total. The van der Waals surface area contributed by atoms with Crippen LogP contribution in [0.2, 0.25) is 0 Å². The minimum Gasteiger partial charge on any atom is -0.335 e. The van der Waals surface area contributed by atoms with E-state index in [1.54, 1.807) is 0 Å². The van der Waals surface area contributed by atoms with Gasteiger partial charge in [-0.2, -0.15) is 0 Å². The normalized spacial score (nSPS) is 11.1. The molecule has 0 N–H and O–H groups in total. The van der Waals surface area contributed by atoms with Gasteiger partial charge in [-0.3, -0.25) is 0 Å². The lowest BCUT2D eigenvalue weighted by atomic mass is 10.0. The van der Waals surface area contributed by atoms with Gasteiger partial charge in [-0.1, -0.05) is 33.6 Å². The van der Waals surface area contributed by atoms with E-state index in [4.69, 9.17) is 0 Å². The smallest absolute Gasteiger partial charge is 0.108 e. The molecule has 1 rings (SSSR count). The standard InChI is InChI=1S/C11H20N2/c1-4-10(5-2)9-13-8-7-12-11(13)6-3/h7-8,10H,4-6,9H2,1-3H3. The maximum absolute atomic E-state index is 4.32. The highest BCUT2D eigenvalue weighted by Crippen LogP contribution is 2.12. The quantitative estimate of drug-likeness (QED) is 0.681. The zero-order valence-corrected chi connectivity index (χ0v) is 8.95. The van der Waals surface area contributed by atoms with E-state index in [9.17, 15) is 0 Å². The molecule has 0 saturated heterocycles. The van der Waals surface area contributed by atoms with Crippen LogP contribution in [-0.4, -0.2) is 9.55 Å². The summed E-state index contributed by atoms with van der Waals surface area (Å²) in [4.78, 5) is 4.32. The Morgan fingerprint density at radius 2 is 2.00 bits per heavy atom. The van der Waals surface area contributed by atoms with Gasteiger partial charge in [-0.25, -0.2) is 4.98 Å². The topological polar surface area (TPSA) is 17.8 Å². The van der Waals surface area contributed by atoms with Crippen LogP contribution in [0.25, 0.3) is 0 Å². The molecule has 0 aromatic carbocycles. The number of aryl methyl sites for hydroxylation is 1. The van der Waals surface area contributed by atoms with Crippen LogP contribution in [0, 0.1) is 5.92 Å². The molecule has 0 saturated carbocycles. The summed E-state index contributed by atoms with van der Waals surface area (Å²) in [6, 6.07) is 0. The number of imidazole rings is 1. The second kappa shape index (κ2) is 5.05. The van der Waals surface area contributed by atoms with E-state index in [1.165, 1.54) is 18.7 Å². The second-order valence-electron chi connectivity index (χ2n) is 3.53. The Kier molecular flexibility index (Phi) is 4.00. The van der Waals surface area contributed by atoms with E-state index in [2.05, 4.69) is 36.5 Å². The molecular formula is C11H20N2. The zero-order chi connectivity index (χ0) is 9.68. The van der Waals surface area contributed by atoms with Gasteiger partial charge < -0.3 is 4.57 Å². The van der Waals surface area contributed by atoms with Gasteiger partial charge in [0.25, 0.3) is 0 Å². The Balaban J connectivity index is 2.61. The van der Waals surface area contributed by atoms with Crippen molar-refractivity contribution in [3.63, 3.8) is 0 Å². The minimum atomic E-state index is 0.805. The van der Waals surface area contributed by atoms with Crippen molar-refractivity contribution < 1.29 is 0 Å². The van der Waals surface area contributed by atoms with Gasteiger partial charge in [-0.05, 0) is 5.92 Å². The predicted octanol–water partition coefficient (Wildman–Crippen LogP) is 2.88. The molecule has 2 heteroatoms. The summed E-state index contributed by atoms with van der Waals surface area (Å²) < 4.78 is 2.29. The first-order chi connectivity index (χ1) is 6.31. The summed E-state index contributed by atoms with van der Waals surface area (Å²) in [6.45, 7) is 7.81. The number of aromatic nitrogens is 2. The number of hydrogen-bond donors (Lipinski definition) is 0. The number of nitrogens with zero attached hydrogens (tertiary/aromatic N) is 2. The molecule has 0 atom stereocenters. The highest BCUT2D eigenvalue weighted by Gasteiger charge is 2.06. The highest BCUT2D eigenvalue weighted by atomic mass is 15.1. The lowest BCUT2D eigenvalue weighted by Crippen LogP contribution is -2.10. The van der Waals surface area contributed by atoms with E-state index in [0.29, 0.717) is 0 Å². The third-order valence-electron chi connectivity index (χ3n) is 2.73. The highest BCUT2D eigenvalue weighted by molar-refractivity contribution is 4.91. The van der Waals surface area contributed by atoms with Gasteiger partial charge in [0.2, 0.25) is 0 Å². The third-order valence-corrected chi connectivity index (χ3v) is 2.73. The van der Waals surface area contributed by atoms with Crippen LogP contribution in [0.4, 0.5) is 0 Å². The second-order valence-corrected chi connectivity index (χ2v) is 3.53. The summed E-state index contributed by atoms with van der Waals surface area (Å²) in [5.41, 5.74) is 0. The minimum absolute atomic E-state index is 0.805. The Hall–Kier alpha value is -0.790. The first-order valence-electron chi connectivity index (χ1n) is 5.31. The Morgan fingerprint density at radius 3 is 2.54 bits per heavy atom. The molecule has 0 amide bonds. The van der Waals surface area contributed by atoms with E-state index in [1.807, 2.05) is 6.20 Å². The number of hydrogen-bond acceptors (Lipinski definition) is 1. The zero-order valence-electron chi connectivity index (χ0n) is 8.95. The molecule has 0 aliphatic heterocycles. The van der Waals surface area contributed by atoms with Crippen LogP contribution in [-0.2, 0) is 13.0 Å². The van der Waals surface area contributed by atoms with Crippen molar-refractivity contribution in [2.75, 3.05) is 0 Å². The largest absolute Gasteiger partial charge is 0.335 e. The van der Waals surface area contributed by atoms with Crippen LogP contribution in [0.1, 0.15) is 39.4 Å². The van der Waals surface area contributed by atoms with Gasteiger partial charge in [0.1, 0.15) is 5.82 Å². The molecule has 1 aromatic rings. The van der Waals surface area contributed by atoms with E-state index in [-0.39, 0.29) is 0 Å². The molecule has 0 bridgehead atoms. The van der Waals surface area contributed by atoms with Crippen molar-refractivity contribution in [3.8, 4) is 0 Å². The van der Waals surface area contributed by atoms with E-state index in [0.717, 1.165) is 18.9 Å². The van der Waals surface area contributed by atoms with Gasteiger partial charge in [0, 0.05) is 25.4 Å². The van der Waals surface area contributed by atoms with Crippen LogP contribution in [0.5, 0.6) is 0 Å². The molecule has 0 spiro atoms. The molecule has 0 aliphatic carbocycles. The molecular weight excluding hydrogens is 160 g/mol. The third kappa shape index (κ3) is 2.58. The monoisotopic (exact) mass is 180 g/mol. The Labute approximate surface area is 81.0 Å². The fourth-order valence-electron chi connectivity index (χ4n) is 1.65. The maximum Gasteiger partial charge on any atom is 0.108 e. The van der Waals surface area contributed by atoms with E-state index >= 15 is 0 Å². The lowest BCUT2D eigenvalue weighted by Gasteiger charge is -2.14. The Bertz CT molecular complexity index is 236. The first-order valence-corrected chi connectivity index (χ1v) is 5.31. The fourth-order valence-corrected chi connectivity index (χ4v) is 1.65. The van der Waals surface area contributed by atoms with Crippen molar-refractivity contribution in [3.05, 3.63) is 18.2 Å². The van der Waals surface area contributed by atoms with E-state index < -0.39 is 0 Å². The van der Waals surface area contributed by atoms with Crippen LogP contribution in [0.3, 0.4) is 0 Å². The number of rotatable bonds is 5. The summed E-state index contributed by atoms with van der Waals surface area (Å²) in [5.74, 6) is 2.02. The molecule has 1 aromatic heterocycles. The van der Waals surface area contributed by atoms with Crippen molar-refractivity contribution in [2.45, 2.75) is 46.6 Å². The molecule has 0 unspecified atom stereocenters.